The van der Waals surface area contributed by atoms with Crippen LogP contribution < -0.4 is 10.5 Å². The predicted molar refractivity (Wildman–Crippen MR) is 118 cm³/mol. The summed E-state index contributed by atoms with van der Waals surface area (Å²) in [5.74, 6) is 0.140. The molecule has 0 aliphatic carbocycles. The van der Waals surface area contributed by atoms with Crippen LogP contribution in [0.2, 0.25) is 0 Å². The molecular formula is C21H24ClN3O3S. The van der Waals surface area contributed by atoms with E-state index in [1.807, 2.05) is 13.8 Å². The maximum absolute atomic E-state index is 12.7. The van der Waals surface area contributed by atoms with Gasteiger partial charge in [-0.2, -0.15) is 8.42 Å². The molecule has 0 bridgehead atoms. The van der Waals surface area contributed by atoms with Gasteiger partial charge in [-0.3, -0.25) is 5.41 Å². The molecule has 6 nitrogen and oxygen atoms in total. The van der Waals surface area contributed by atoms with Crippen molar-refractivity contribution < 1.29 is 13.2 Å². The Morgan fingerprint density at radius 1 is 1.14 bits per heavy atom. The summed E-state index contributed by atoms with van der Waals surface area (Å²) in [6, 6.07) is 13.2. The highest BCUT2D eigenvalue weighted by molar-refractivity contribution is 7.90. The Balaban J connectivity index is 2.55. The summed E-state index contributed by atoms with van der Waals surface area (Å²) < 4.78 is 34.7. The lowest BCUT2D eigenvalue weighted by Gasteiger charge is -2.15. The third-order valence-corrected chi connectivity index (χ3v) is 5.84. The molecule has 0 aliphatic heterocycles. The number of amidine groups is 1. The fraction of sp³-hybridized carbons (Fsp3) is 0.238. The standard InChI is InChI=1S/C21H24ClN3O3S/c1-4-17(22)19(20(23)16-8-6-7-9-18(16)28-5-2)21(24)25-29(26,27)15-12-10-14(3)11-13-15/h6-13,23H,4-5H2,1-3H3,(H2,24,25)/b19-17+,23-20?. The number of ether oxygens (including phenoxy) is 1. The average molecular weight is 434 g/mol. The van der Waals surface area contributed by atoms with Crippen LogP contribution in [0.25, 0.3) is 0 Å². The number of rotatable bonds is 8. The van der Waals surface area contributed by atoms with Crippen molar-refractivity contribution in [1.29, 1.82) is 5.41 Å². The Hall–Kier alpha value is -2.64. The van der Waals surface area contributed by atoms with E-state index in [2.05, 4.69) is 4.40 Å². The molecule has 0 aromatic heterocycles. The molecule has 0 saturated heterocycles. The zero-order valence-electron chi connectivity index (χ0n) is 16.6. The van der Waals surface area contributed by atoms with E-state index in [9.17, 15) is 8.42 Å². The second kappa shape index (κ2) is 9.71. The summed E-state index contributed by atoms with van der Waals surface area (Å²) in [6.07, 6.45) is 0.358. The Labute approximate surface area is 176 Å². The number of nitrogens with one attached hydrogen (secondary N) is 1. The zero-order valence-corrected chi connectivity index (χ0v) is 18.1. The number of para-hydroxylation sites is 1. The third kappa shape index (κ3) is 5.46. The molecule has 0 fully saturated rings. The highest BCUT2D eigenvalue weighted by atomic mass is 35.5. The molecule has 2 rings (SSSR count). The van der Waals surface area contributed by atoms with Crippen molar-refractivity contribution >= 4 is 33.2 Å². The second-order valence-corrected chi connectivity index (χ2v) is 8.26. The van der Waals surface area contributed by atoms with Gasteiger partial charge in [0.25, 0.3) is 10.0 Å². The van der Waals surface area contributed by atoms with Gasteiger partial charge < -0.3 is 10.5 Å². The van der Waals surface area contributed by atoms with Crippen LogP contribution >= 0.6 is 11.6 Å². The van der Waals surface area contributed by atoms with E-state index in [0.29, 0.717) is 24.3 Å². The molecule has 8 heteroatoms. The monoisotopic (exact) mass is 433 g/mol. The number of aryl methyl sites for hydroxylation is 1. The molecular weight excluding hydrogens is 410 g/mol. The molecule has 2 aromatic rings. The number of nitrogens with two attached hydrogens (primary N) is 1. The summed E-state index contributed by atoms with van der Waals surface area (Å²) >= 11 is 6.34. The van der Waals surface area contributed by atoms with Crippen LogP contribution in [0.3, 0.4) is 0 Å². The van der Waals surface area contributed by atoms with E-state index in [1.165, 1.54) is 12.1 Å². The predicted octanol–water partition coefficient (Wildman–Crippen LogP) is 4.41. The van der Waals surface area contributed by atoms with E-state index in [1.54, 1.807) is 43.3 Å². The zero-order chi connectivity index (χ0) is 21.6. The smallest absolute Gasteiger partial charge is 0.284 e. The second-order valence-electron chi connectivity index (χ2n) is 6.20. The number of hydrogen-bond donors (Lipinski definition) is 2. The van der Waals surface area contributed by atoms with Crippen LogP contribution in [0.5, 0.6) is 5.75 Å². The van der Waals surface area contributed by atoms with Gasteiger partial charge in [0.2, 0.25) is 0 Å². The minimum Gasteiger partial charge on any atom is -0.493 e. The molecule has 2 aromatic carbocycles. The summed E-state index contributed by atoms with van der Waals surface area (Å²) in [5.41, 5.74) is 7.44. The van der Waals surface area contributed by atoms with Gasteiger partial charge in [-0.25, -0.2) is 0 Å². The molecule has 0 amide bonds. The lowest BCUT2D eigenvalue weighted by Crippen LogP contribution is -2.24. The van der Waals surface area contributed by atoms with Gasteiger partial charge in [-0.05, 0) is 44.5 Å². The van der Waals surface area contributed by atoms with Crippen molar-refractivity contribution in [3.05, 3.63) is 70.3 Å². The molecule has 0 atom stereocenters. The fourth-order valence-corrected chi connectivity index (χ4v) is 3.73. The van der Waals surface area contributed by atoms with Crippen molar-refractivity contribution in [3.63, 3.8) is 0 Å². The molecule has 0 radical (unpaired) electrons. The molecule has 29 heavy (non-hydrogen) atoms. The maximum Gasteiger partial charge on any atom is 0.284 e. The minimum absolute atomic E-state index is 0.0132. The summed E-state index contributed by atoms with van der Waals surface area (Å²) in [5, 5.41) is 8.87. The van der Waals surface area contributed by atoms with Crippen molar-refractivity contribution in [2.45, 2.75) is 32.1 Å². The summed E-state index contributed by atoms with van der Waals surface area (Å²) in [6.45, 7) is 5.88. The van der Waals surface area contributed by atoms with E-state index in [0.717, 1.165) is 5.56 Å². The van der Waals surface area contributed by atoms with Crippen molar-refractivity contribution in [2.24, 2.45) is 10.1 Å². The average Bonchev–Trinajstić information content (AvgIpc) is 2.68. The molecule has 3 N–H and O–H groups in total. The lowest BCUT2D eigenvalue weighted by molar-refractivity contribution is 0.339. The number of halogens is 1. The van der Waals surface area contributed by atoms with E-state index >= 15 is 0 Å². The minimum atomic E-state index is -4.06. The van der Waals surface area contributed by atoms with Crippen LogP contribution in [0, 0.1) is 12.3 Å². The van der Waals surface area contributed by atoms with E-state index < -0.39 is 10.0 Å². The Morgan fingerprint density at radius 3 is 2.34 bits per heavy atom. The summed E-state index contributed by atoms with van der Waals surface area (Å²) in [7, 11) is -4.06. The Morgan fingerprint density at radius 2 is 1.76 bits per heavy atom. The van der Waals surface area contributed by atoms with Crippen LogP contribution in [0.4, 0.5) is 0 Å². The summed E-state index contributed by atoms with van der Waals surface area (Å²) in [4.78, 5) is 0.0132. The fourth-order valence-electron chi connectivity index (χ4n) is 2.61. The number of sulfonamides is 1. The Bertz CT molecular complexity index is 1060. The van der Waals surface area contributed by atoms with E-state index in [4.69, 9.17) is 27.5 Å². The number of benzene rings is 2. The quantitative estimate of drug-likeness (QED) is 0.475. The van der Waals surface area contributed by atoms with E-state index in [-0.39, 0.29) is 27.0 Å². The van der Waals surface area contributed by atoms with Crippen LogP contribution in [-0.2, 0) is 10.0 Å². The first-order valence-electron chi connectivity index (χ1n) is 9.08. The highest BCUT2D eigenvalue weighted by Gasteiger charge is 2.22. The first-order valence-corrected chi connectivity index (χ1v) is 10.9. The maximum atomic E-state index is 12.7. The molecule has 0 heterocycles. The van der Waals surface area contributed by atoms with Gasteiger partial charge in [-0.15, -0.1) is 4.40 Å². The highest BCUT2D eigenvalue weighted by Crippen LogP contribution is 2.26. The molecule has 0 unspecified atom stereocenters. The van der Waals surface area contributed by atoms with Crippen LogP contribution in [0.15, 0.2) is 68.4 Å². The van der Waals surface area contributed by atoms with Crippen LogP contribution in [-0.4, -0.2) is 26.6 Å². The number of nitrogens with zero attached hydrogens (tertiary/aromatic N) is 1. The normalized spacial score (nSPS) is 13.0. The van der Waals surface area contributed by atoms with Gasteiger partial charge in [-0.1, -0.05) is 48.4 Å². The molecule has 154 valence electrons. The third-order valence-electron chi connectivity index (χ3n) is 4.08. The Kier molecular flexibility index (Phi) is 7.59. The van der Waals surface area contributed by atoms with Crippen molar-refractivity contribution in [2.75, 3.05) is 6.61 Å². The lowest BCUT2D eigenvalue weighted by atomic mass is 9.99. The number of hydrogen-bond acceptors (Lipinski definition) is 4. The largest absolute Gasteiger partial charge is 0.493 e. The molecule has 0 aliphatic rings. The van der Waals surface area contributed by atoms with Gasteiger partial charge in [0.05, 0.1) is 22.8 Å². The SMILES string of the molecule is CCOc1ccccc1C(=N)C(/C(N)=N/S(=O)(=O)c1ccc(C)cc1)=C(\Cl)CC. The van der Waals surface area contributed by atoms with Crippen molar-refractivity contribution in [1.82, 2.24) is 0 Å². The first-order chi connectivity index (χ1) is 13.7. The van der Waals surface area contributed by atoms with Gasteiger partial charge >= 0.3 is 0 Å². The first kappa shape index (κ1) is 22.6. The number of allylic oxidation sites excluding steroid dienone is 1. The van der Waals surface area contributed by atoms with Gasteiger partial charge in [0.1, 0.15) is 11.6 Å². The van der Waals surface area contributed by atoms with Crippen LogP contribution in [0.1, 0.15) is 31.4 Å². The molecule has 0 saturated carbocycles. The van der Waals surface area contributed by atoms with Crippen molar-refractivity contribution in [3.8, 4) is 5.75 Å². The molecule has 0 spiro atoms. The topological polar surface area (TPSA) is 106 Å². The van der Waals surface area contributed by atoms with Gasteiger partial charge in [0, 0.05) is 10.6 Å². The van der Waals surface area contributed by atoms with Gasteiger partial charge in [0.15, 0.2) is 0 Å².